The number of nitrogens with zero attached hydrogens (tertiary/aromatic N) is 2. The Labute approximate surface area is 178 Å². The van der Waals surface area contributed by atoms with Crippen LogP contribution in [0.25, 0.3) is 11.1 Å². The standard InChI is InChI=1S/C19H17N3O8S/c1-8(23)29-6-10-7-31-17-13(16(25)22(17)14(10)18(26)27)20-15(24)9-3-4-12-11(5-9)21(2)19(28)30-12/h3-5,13,17H,6-7H2,1-2H3,(H,20,24)(H,26,27). The molecular formula is C19H17N3O8S. The van der Waals surface area contributed by atoms with E-state index >= 15 is 0 Å². The number of hydrogen-bond acceptors (Lipinski definition) is 8. The molecule has 0 spiro atoms. The highest BCUT2D eigenvalue weighted by Crippen LogP contribution is 2.40. The van der Waals surface area contributed by atoms with Gasteiger partial charge in [0, 0.05) is 30.9 Å². The number of aromatic nitrogens is 1. The van der Waals surface area contributed by atoms with Crippen LogP contribution in [-0.2, 0) is 26.2 Å². The Kier molecular flexibility index (Phi) is 5.09. The number of rotatable bonds is 5. The second-order valence-corrected chi connectivity index (χ2v) is 8.11. The lowest BCUT2D eigenvalue weighted by Gasteiger charge is -2.49. The third kappa shape index (κ3) is 3.48. The van der Waals surface area contributed by atoms with Crippen molar-refractivity contribution in [1.29, 1.82) is 0 Å². The highest BCUT2D eigenvalue weighted by atomic mass is 32.2. The molecule has 11 nitrogen and oxygen atoms in total. The van der Waals surface area contributed by atoms with E-state index in [1.165, 1.54) is 48.5 Å². The molecule has 12 heteroatoms. The first-order chi connectivity index (χ1) is 14.7. The number of ether oxygens (including phenoxy) is 1. The quantitative estimate of drug-likeness (QED) is 0.479. The van der Waals surface area contributed by atoms with E-state index in [0.29, 0.717) is 16.7 Å². The zero-order chi connectivity index (χ0) is 22.4. The van der Waals surface area contributed by atoms with Gasteiger partial charge in [0.25, 0.3) is 11.8 Å². The lowest BCUT2D eigenvalue weighted by atomic mass is 10.0. The summed E-state index contributed by atoms with van der Waals surface area (Å²) in [4.78, 5) is 60.8. The summed E-state index contributed by atoms with van der Waals surface area (Å²) in [5, 5.41) is 11.6. The normalized spacial score (nSPS) is 20.3. The molecule has 0 radical (unpaired) electrons. The number of hydrogen-bond donors (Lipinski definition) is 2. The monoisotopic (exact) mass is 447 g/mol. The predicted molar refractivity (Wildman–Crippen MR) is 107 cm³/mol. The van der Waals surface area contributed by atoms with E-state index in [4.69, 9.17) is 9.15 Å². The van der Waals surface area contributed by atoms with Crippen LogP contribution in [0.1, 0.15) is 17.3 Å². The zero-order valence-electron chi connectivity index (χ0n) is 16.4. The maximum absolute atomic E-state index is 12.7. The maximum Gasteiger partial charge on any atom is 0.419 e. The molecule has 3 heterocycles. The molecular weight excluding hydrogens is 430 g/mol. The molecule has 2 aromatic rings. The van der Waals surface area contributed by atoms with Crippen LogP contribution in [0.4, 0.5) is 0 Å². The number of aryl methyl sites for hydroxylation is 1. The molecule has 1 aromatic carbocycles. The Balaban J connectivity index is 1.53. The van der Waals surface area contributed by atoms with Gasteiger partial charge in [-0.25, -0.2) is 9.59 Å². The van der Waals surface area contributed by atoms with Crippen LogP contribution in [0.15, 0.2) is 38.7 Å². The van der Waals surface area contributed by atoms with Crippen molar-refractivity contribution in [3.8, 4) is 0 Å². The minimum atomic E-state index is -1.31. The number of carbonyl (C=O) groups excluding carboxylic acids is 3. The van der Waals surface area contributed by atoms with Crippen molar-refractivity contribution in [2.75, 3.05) is 12.4 Å². The highest BCUT2D eigenvalue weighted by Gasteiger charge is 2.54. The fourth-order valence-corrected chi connectivity index (χ4v) is 4.80. The summed E-state index contributed by atoms with van der Waals surface area (Å²) >= 11 is 1.27. The third-order valence-corrected chi connectivity index (χ3v) is 6.38. The second kappa shape index (κ2) is 7.61. The molecule has 2 unspecified atom stereocenters. The average molecular weight is 447 g/mol. The largest absolute Gasteiger partial charge is 0.477 e. The Morgan fingerprint density at radius 3 is 2.74 bits per heavy atom. The maximum atomic E-state index is 12.7. The van der Waals surface area contributed by atoms with E-state index < -0.39 is 40.9 Å². The number of esters is 1. The number of amides is 2. The number of carboxylic acid groups (broad SMARTS) is 1. The van der Waals surface area contributed by atoms with Crippen molar-refractivity contribution < 1.29 is 33.4 Å². The molecule has 4 rings (SSSR count). The Hall–Kier alpha value is -3.54. The number of aliphatic carboxylic acids is 1. The molecule has 2 atom stereocenters. The van der Waals surface area contributed by atoms with Gasteiger partial charge >= 0.3 is 17.7 Å². The van der Waals surface area contributed by atoms with E-state index in [2.05, 4.69) is 5.32 Å². The first-order valence-electron chi connectivity index (χ1n) is 9.13. The predicted octanol–water partition coefficient (Wildman–Crippen LogP) is 0.0468. The minimum Gasteiger partial charge on any atom is -0.477 e. The van der Waals surface area contributed by atoms with Crippen LogP contribution in [0.3, 0.4) is 0 Å². The molecule has 2 amide bonds. The van der Waals surface area contributed by atoms with E-state index in [9.17, 15) is 29.1 Å². The van der Waals surface area contributed by atoms with E-state index in [0.717, 1.165) is 4.90 Å². The number of fused-ring (bicyclic) bond motifs is 2. The van der Waals surface area contributed by atoms with Gasteiger partial charge < -0.3 is 19.6 Å². The number of carbonyl (C=O) groups is 4. The van der Waals surface area contributed by atoms with Crippen molar-refractivity contribution in [2.24, 2.45) is 7.05 Å². The minimum absolute atomic E-state index is 0.221. The lowest BCUT2D eigenvalue weighted by molar-refractivity contribution is -0.149. The molecule has 1 saturated heterocycles. The zero-order valence-corrected chi connectivity index (χ0v) is 17.2. The number of carboxylic acids is 1. The van der Waals surface area contributed by atoms with Crippen molar-refractivity contribution in [1.82, 2.24) is 14.8 Å². The summed E-state index contributed by atoms with van der Waals surface area (Å²) in [6, 6.07) is 3.52. The smallest absolute Gasteiger partial charge is 0.419 e. The molecule has 2 aliphatic heterocycles. The fraction of sp³-hybridized carbons (Fsp3) is 0.316. The molecule has 0 saturated carbocycles. The molecule has 31 heavy (non-hydrogen) atoms. The summed E-state index contributed by atoms with van der Waals surface area (Å²) in [6.45, 7) is 0.986. The van der Waals surface area contributed by atoms with Crippen LogP contribution in [0.2, 0.25) is 0 Å². The number of nitrogens with one attached hydrogen (secondary N) is 1. The van der Waals surface area contributed by atoms with Gasteiger partial charge in [-0.2, -0.15) is 0 Å². The molecule has 162 valence electrons. The number of benzene rings is 1. The van der Waals surface area contributed by atoms with Gasteiger partial charge in [-0.1, -0.05) is 0 Å². The fourth-order valence-electron chi connectivity index (χ4n) is 3.48. The second-order valence-electron chi connectivity index (χ2n) is 7.01. The van der Waals surface area contributed by atoms with Crippen molar-refractivity contribution >= 4 is 46.6 Å². The van der Waals surface area contributed by atoms with Gasteiger partial charge in [-0.15, -0.1) is 11.8 Å². The number of thioether (sulfide) groups is 1. The molecule has 0 bridgehead atoms. The van der Waals surface area contributed by atoms with Gasteiger partial charge in [0.1, 0.15) is 23.7 Å². The highest BCUT2D eigenvalue weighted by molar-refractivity contribution is 8.00. The van der Waals surface area contributed by atoms with Crippen molar-refractivity contribution in [3.63, 3.8) is 0 Å². The van der Waals surface area contributed by atoms with Gasteiger partial charge in [0.05, 0.1) is 5.52 Å². The van der Waals surface area contributed by atoms with Crippen LogP contribution in [-0.4, -0.2) is 62.1 Å². The van der Waals surface area contributed by atoms with Crippen LogP contribution < -0.4 is 11.1 Å². The first kappa shape index (κ1) is 20.7. The first-order valence-corrected chi connectivity index (χ1v) is 10.2. The van der Waals surface area contributed by atoms with Crippen LogP contribution in [0.5, 0.6) is 0 Å². The lowest BCUT2D eigenvalue weighted by Crippen LogP contribution is -2.70. The van der Waals surface area contributed by atoms with Gasteiger partial charge in [-0.3, -0.25) is 23.9 Å². The molecule has 2 N–H and O–H groups in total. The van der Waals surface area contributed by atoms with E-state index in [1.807, 2.05) is 0 Å². The summed E-state index contributed by atoms with van der Waals surface area (Å²) < 4.78 is 11.2. The van der Waals surface area contributed by atoms with Crippen molar-refractivity contribution in [2.45, 2.75) is 18.3 Å². The van der Waals surface area contributed by atoms with E-state index in [-0.39, 0.29) is 23.6 Å². The number of β-lactam (4-membered cyclic amide) rings is 1. The molecule has 2 aliphatic rings. The van der Waals surface area contributed by atoms with E-state index in [1.54, 1.807) is 0 Å². The molecule has 0 aliphatic carbocycles. The van der Waals surface area contributed by atoms with Gasteiger partial charge in [0.2, 0.25) is 0 Å². The van der Waals surface area contributed by atoms with Crippen molar-refractivity contribution in [3.05, 3.63) is 45.6 Å². The average Bonchev–Trinajstić information content (AvgIpc) is 3.02. The topological polar surface area (TPSA) is 148 Å². The van der Waals surface area contributed by atoms with Gasteiger partial charge in [-0.05, 0) is 18.2 Å². The summed E-state index contributed by atoms with van der Waals surface area (Å²) in [6.07, 6.45) is 0. The molecule has 1 aromatic heterocycles. The SMILES string of the molecule is CC(=O)OCC1=C(C(=O)O)N2C(=O)C(NC(=O)c3ccc4oc(=O)n(C)c4c3)C2SC1. The summed E-state index contributed by atoms with van der Waals surface area (Å²) in [5.74, 6) is -3.30. The Morgan fingerprint density at radius 1 is 1.32 bits per heavy atom. The Morgan fingerprint density at radius 2 is 2.06 bits per heavy atom. The van der Waals surface area contributed by atoms with Crippen LogP contribution in [0, 0.1) is 0 Å². The summed E-state index contributed by atoms with van der Waals surface area (Å²) in [7, 11) is 1.51. The number of oxazole rings is 1. The Bertz CT molecular complexity index is 1230. The third-order valence-electron chi connectivity index (χ3n) is 5.04. The summed E-state index contributed by atoms with van der Waals surface area (Å²) in [5.41, 5.74) is 1.07. The molecule has 1 fully saturated rings. The van der Waals surface area contributed by atoms with Gasteiger partial charge in [0.15, 0.2) is 5.58 Å². The van der Waals surface area contributed by atoms with Crippen LogP contribution >= 0.6 is 11.8 Å².